The Hall–Kier alpha value is -2.69. The molecule has 10 heteroatoms. The van der Waals surface area contributed by atoms with Crippen molar-refractivity contribution in [2.75, 3.05) is 0 Å². The molecule has 0 bridgehead atoms. The van der Waals surface area contributed by atoms with Crippen LogP contribution in [0.15, 0.2) is 45.3 Å². The van der Waals surface area contributed by atoms with Crippen LogP contribution >= 0.6 is 11.8 Å². The first kappa shape index (κ1) is 18.3. The molecule has 5 rings (SSSR count). The summed E-state index contributed by atoms with van der Waals surface area (Å²) in [6.45, 7) is 0. The topological polar surface area (TPSA) is 135 Å². The molecule has 3 N–H and O–H groups in total. The fourth-order valence-electron chi connectivity index (χ4n) is 3.47. The van der Waals surface area contributed by atoms with Gasteiger partial charge in [0.15, 0.2) is 11.5 Å². The van der Waals surface area contributed by atoms with Gasteiger partial charge in [-0.05, 0) is 12.8 Å². The predicted molar refractivity (Wildman–Crippen MR) is 102 cm³/mol. The average molecular weight is 414 g/mol. The zero-order valence-corrected chi connectivity index (χ0v) is 16.0. The lowest BCUT2D eigenvalue weighted by atomic mass is 9.80. The smallest absolute Gasteiger partial charge is 0.273 e. The van der Waals surface area contributed by atoms with Crippen LogP contribution in [-0.4, -0.2) is 48.4 Å². The van der Waals surface area contributed by atoms with E-state index in [4.69, 9.17) is 8.94 Å². The summed E-state index contributed by atoms with van der Waals surface area (Å²) in [6.07, 6.45) is 1.34. The van der Waals surface area contributed by atoms with Crippen molar-refractivity contribution in [1.82, 2.24) is 20.7 Å². The second kappa shape index (κ2) is 7.29. The molecule has 2 aliphatic rings. The third kappa shape index (κ3) is 3.43. The molecule has 0 spiro atoms. The second-order valence-electron chi connectivity index (χ2n) is 7.20. The SMILES string of the molecule is O=C(NC1CC(c2nnc(C3C(O)SC3O)o2)C1)c1cc(-c2ccccc2)on1. The van der Waals surface area contributed by atoms with Crippen LogP contribution < -0.4 is 5.32 Å². The van der Waals surface area contributed by atoms with Gasteiger partial charge in [-0.1, -0.05) is 47.3 Å². The summed E-state index contributed by atoms with van der Waals surface area (Å²) in [6, 6.07) is 11.1. The van der Waals surface area contributed by atoms with Gasteiger partial charge >= 0.3 is 0 Å². The van der Waals surface area contributed by atoms with Gasteiger partial charge in [-0.3, -0.25) is 4.79 Å². The molecular weight excluding hydrogens is 396 g/mol. The number of carbonyl (C=O) groups excluding carboxylic acids is 1. The van der Waals surface area contributed by atoms with Gasteiger partial charge < -0.3 is 24.5 Å². The van der Waals surface area contributed by atoms with Crippen LogP contribution in [0.1, 0.15) is 46.9 Å². The summed E-state index contributed by atoms with van der Waals surface area (Å²) in [5, 5.41) is 34.1. The lowest BCUT2D eigenvalue weighted by Gasteiger charge is -2.35. The molecule has 2 aromatic heterocycles. The summed E-state index contributed by atoms with van der Waals surface area (Å²) in [5.74, 6) is 0.475. The molecule has 2 unspecified atom stereocenters. The number of rotatable bonds is 5. The van der Waals surface area contributed by atoms with E-state index in [9.17, 15) is 15.0 Å². The van der Waals surface area contributed by atoms with E-state index in [-0.39, 0.29) is 29.5 Å². The van der Waals surface area contributed by atoms with Gasteiger partial charge in [-0.2, -0.15) is 0 Å². The Labute approximate surface area is 169 Å². The number of hydrogen-bond acceptors (Lipinski definition) is 9. The van der Waals surface area contributed by atoms with Gasteiger partial charge in [0.05, 0.1) is 0 Å². The number of hydrogen-bond donors (Lipinski definition) is 3. The summed E-state index contributed by atoms with van der Waals surface area (Å²) in [4.78, 5) is 12.4. The van der Waals surface area contributed by atoms with Crippen LogP contribution in [0, 0.1) is 0 Å². The fourth-order valence-corrected chi connectivity index (χ4v) is 4.35. The van der Waals surface area contributed by atoms with E-state index in [0.29, 0.717) is 24.5 Å². The fraction of sp³-hybridized carbons (Fsp3) is 0.368. The number of aliphatic hydroxyl groups excluding tert-OH is 2. The quantitative estimate of drug-likeness (QED) is 0.572. The van der Waals surface area contributed by atoms with E-state index in [2.05, 4.69) is 20.7 Å². The lowest BCUT2D eigenvalue weighted by Crippen LogP contribution is -2.43. The van der Waals surface area contributed by atoms with E-state index < -0.39 is 16.8 Å². The standard InChI is InChI=1S/C19H18N4O5S/c24-15(12-8-13(28-23-12)9-4-2-1-3-5-9)20-11-6-10(7-11)16-21-22-17(27-16)14-18(25)29-19(14)26/h1-5,8,10-11,14,18-19,25-26H,6-7H2,(H,20,24). The largest absolute Gasteiger partial charge is 0.424 e. The van der Waals surface area contributed by atoms with Crippen molar-refractivity contribution in [3.8, 4) is 11.3 Å². The number of amides is 1. The number of carbonyl (C=O) groups is 1. The Morgan fingerprint density at radius 3 is 2.55 bits per heavy atom. The maximum absolute atomic E-state index is 12.4. The van der Waals surface area contributed by atoms with Gasteiger partial charge in [0, 0.05) is 23.6 Å². The molecule has 150 valence electrons. The molecule has 1 aromatic carbocycles. The minimum atomic E-state index is -0.727. The van der Waals surface area contributed by atoms with Gasteiger partial charge in [-0.25, -0.2) is 0 Å². The first-order valence-electron chi connectivity index (χ1n) is 9.26. The predicted octanol–water partition coefficient (Wildman–Crippen LogP) is 1.87. The highest BCUT2D eigenvalue weighted by Gasteiger charge is 2.45. The van der Waals surface area contributed by atoms with Crippen molar-refractivity contribution in [2.45, 2.75) is 41.6 Å². The molecule has 1 saturated carbocycles. The molecule has 3 aromatic rings. The van der Waals surface area contributed by atoms with Gasteiger partial charge in [0.2, 0.25) is 11.8 Å². The highest BCUT2D eigenvalue weighted by atomic mass is 32.2. The highest BCUT2D eigenvalue weighted by Crippen LogP contribution is 2.46. The third-order valence-corrected chi connectivity index (χ3v) is 6.40. The minimum absolute atomic E-state index is 0.0184. The Kier molecular flexibility index (Phi) is 4.61. The van der Waals surface area contributed by atoms with E-state index in [0.717, 1.165) is 17.3 Å². The molecule has 0 radical (unpaired) electrons. The van der Waals surface area contributed by atoms with Crippen molar-refractivity contribution in [2.24, 2.45) is 0 Å². The maximum atomic E-state index is 12.4. The van der Waals surface area contributed by atoms with Crippen LogP contribution in [-0.2, 0) is 0 Å². The maximum Gasteiger partial charge on any atom is 0.273 e. The zero-order chi connectivity index (χ0) is 20.0. The molecular formula is C19H18N4O5S. The Morgan fingerprint density at radius 1 is 1.10 bits per heavy atom. The summed E-state index contributed by atoms with van der Waals surface area (Å²) in [5.41, 5.74) is -0.363. The van der Waals surface area contributed by atoms with Gasteiger partial charge in [0.25, 0.3) is 5.91 Å². The molecule has 1 aliphatic carbocycles. The number of nitrogens with one attached hydrogen (secondary N) is 1. The third-order valence-electron chi connectivity index (χ3n) is 5.26. The summed E-state index contributed by atoms with van der Waals surface area (Å²) < 4.78 is 10.9. The van der Waals surface area contributed by atoms with E-state index in [1.165, 1.54) is 0 Å². The Balaban J connectivity index is 1.16. The van der Waals surface area contributed by atoms with Crippen LogP contribution in [0.3, 0.4) is 0 Å². The summed E-state index contributed by atoms with van der Waals surface area (Å²) in [7, 11) is 0. The van der Waals surface area contributed by atoms with Crippen molar-refractivity contribution < 1.29 is 23.9 Å². The Morgan fingerprint density at radius 2 is 1.83 bits per heavy atom. The molecule has 2 fully saturated rings. The van der Waals surface area contributed by atoms with Crippen molar-refractivity contribution >= 4 is 17.7 Å². The van der Waals surface area contributed by atoms with Crippen molar-refractivity contribution in [3.05, 3.63) is 53.9 Å². The number of aromatic nitrogens is 3. The van der Waals surface area contributed by atoms with E-state index >= 15 is 0 Å². The molecule has 1 aliphatic heterocycles. The number of thioether (sulfide) groups is 1. The average Bonchev–Trinajstić information content (AvgIpc) is 3.35. The molecule has 1 amide bonds. The zero-order valence-electron chi connectivity index (χ0n) is 15.1. The van der Waals surface area contributed by atoms with Crippen molar-refractivity contribution in [3.63, 3.8) is 0 Å². The molecule has 2 atom stereocenters. The van der Waals surface area contributed by atoms with Crippen LogP contribution in [0.4, 0.5) is 0 Å². The molecule has 29 heavy (non-hydrogen) atoms. The highest BCUT2D eigenvalue weighted by molar-refractivity contribution is 8.01. The minimum Gasteiger partial charge on any atom is -0.424 e. The van der Waals surface area contributed by atoms with E-state index in [1.807, 2.05) is 30.3 Å². The molecule has 9 nitrogen and oxygen atoms in total. The lowest BCUT2D eigenvalue weighted by molar-refractivity contribution is 0.0883. The monoisotopic (exact) mass is 414 g/mol. The molecule has 3 heterocycles. The van der Waals surface area contributed by atoms with Crippen LogP contribution in [0.2, 0.25) is 0 Å². The number of aliphatic hydroxyl groups is 2. The first-order chi connectivity index (χ1) is 14.1. The van der Waals surface area contributed by atoms with Gasteiger partial charge in [-0.15, -0.1) is 10.2 Å². The van der Waals surface area contributed by atoms with Crippen molar-refractivity contribution in [1.29, 1.82) is 0 Å². The normalized spacial score (nSPS) is 28.4. The van der Waals surface area contributed by atoms with E-state index in [1.54, 1.807) is 6.07 Å². The first-order valence-corrected chi connectivity index (χ1v) is 10.2. The Bertz CT molecular complexity index is 1010. The summed E-state index contributed by atoms with van der Waals surface area (Å²) >= 11 is 1.05. The second-order valence-corrected chi connectivity index (χ2v) is 8.44. The van der Waals surface area contributed by atoms with Gasteiger partial charge in [0.1, 0.15) is 16.8 Å². The van der Waals surface area contributed by atoms with Crippen LogP contribution in [0.25, 0.3) is 11.3 Å². The number of benzene rings is 1. The van der Waals surface area contributed by atoms with Crippen LogP contribution in [0.5, 0.6) is 0 Å². The molecule has 1 saturated heterocycles. The number of nitrogens with zero attached hydrogens (tertiary/aromatic N) is 3.